The van der Waals surface area contributed by atoms with Crippen LogP contribution in [0.3, 0.4) is 0 Å². The van der Waals surface area contributed by atoms with Crippen molar-refractivity contribution in [3.05, 3.63) is 68.9 Å². The first-order chi connectivity index (χ1) is 9.40. The van der Waals surface area contributed by atoms with Crippen molar-refractivity contribution >= 4 is 17.2 Å². The lowest BCUT2D eigenvalue weighted by Crippen LogP contribution is -2.30. The van der Waals surface area contributed by atoms with Crippen LogP contribution in [0.4, 0.5) is 4.39 Å². The SMILES string of the molecule is Cc1ccc(F)cc1Cn1c(C)ccc(C(N)=S)c1=O. The van der Waals surface area contributed by atoms with E-state index in [4.69, 9.17) is 18.0 Å². The molecular formula is C15H15FN2OS. The van der Waals surface area contributed by atoms with Gasteiger partial charge in [0.05, 0.1) is 12.1 Å². The molecule has 0 amide bonds. The van der Waals surface area contributed by atoms with Gasteiger partial charge in [-0.25, -0.2) is 4.39 Å². The smallest absolute Gasteiger partial charge is 0.261 e. The van der Waals surface area contributed by atoms with Gasteiger partial charge in [-0.1, -0.05) is 18.3 Å². The van der Waals surface area contributed by atoms with Crippen molar-refractivity contribution in [3.8, 4) is 0 Å². The molecular weight excluding hydrogens is 275 g/mol. The molecule has 0 saturated carbocycles. The molecule has 5 heteroatoms. The molecule has 2 N–H and O–H groups in total. The minimum Gasteiger partial charge on any atom is -0.389 e. The zero-order chi connectivity index (χ0) is 14.9. The highest BCUT2D eigenvalue weighted by molar-refractivity contribution is 7.80. The first kappa shape index (κ1) is 14.4. The Bertz CT molecular complexity index is 737. The number of hydrogen-bond donors (Lipinski definition) is 1. The molecule has 20 heavy (non-hydrogen) atoms. The molecule has 3 nitrogen and oxygen atoms in total. The molecule has 1 aromatic heterocycles. The summed E-state index contributed by atoms with van der Waals surface area (Å²) in [6.45, 7) is 4.00. The fraction of sp³-hybridized carbons (Fsp3) is 0.200. The van der Waals surface area contributed by atoms with Crippen molar-refractivity contribution in [1.29, 1.82) is 0 Å². The van der Waals surface area contributed by atoms with Gasteiger partial charge in [0, 0.05) is 5.69 Å². The summed E-state index contributed by atoms with van der Waals surface area (Å²) >= 11 is 4.87. The number of nitrogens with two attached hydrogens (primary N) is 1. The lowest BCUT2D eigenvalue weighted by atomic mass is 10.1. The first-order valence-electron chi connectivity index (χ1n) is 6.15. The number of aromatic nitrogens is 1. The third-order valence-corrected chi connectivity index (χ3v) is 3.52. The van der Waals surface area contributed by atoms with Crippen LogP contribution in [0, 0.1) is 19.7 Å². The Hall–Kier alpha value is -2.01. The highest BCUT2D eigenvalue weighted by atomic mass is 32.1. The molecule has 0 atom stereocenters. The van der Waals surface area contributed by atoms with E-state index >= 15 is 0 Å². The third-order valence-electron chi connectivity index (χ3n) is 3.30. The normalized spacial score (nSPS) is 10.6. The van der Waals surface area contributed by atoms with Gasteiger partial charge in [0.2, 0.25) is 0 Å². The second-order valence-electron chi connectivity index (χ2n) is 4.71. The fourth-order valence-corrected chi connectivity index (χ4v) is 2.19. The Kier molecular flexibility index (Phi) is 3.99. The fourth-order valence-electron chi connectivity index (χ4n) is 2.04. The van der Waals surface area contributed by atoms with Crippen LogP contribution in [0.2, 0.25) is 0 Å². The van der Waals surface area contributed by atoms with Gasteiger partial charge in [-0.05, 0) is 49.2 Å². The van der Waals surface area contributed by atoms with Crippen LogP contribution in [0.15, 0.2) is 35.1 Å². The topological polar surface area (TPSA) is 48.0 Å². The maximum absolute atomic E-state index is 13.3. The predicted octanol–water partition coefficient (Wildman–Crippen LogP) is 2.29. The van der Waals surface area contributed by atoms with Crippen molar-refractivity contribution in [2.45, 2.75) is 20.4 Å². The number of halogens is 1. The van der Waals surface area contributed by atoms with E-state index < -0.39 is 0 Å². The standard InChI is InChI=1S/C15H15FN2OS/c1-9-3-5-12(16)7-11(9)8-18-10(2)4-6-13(14(17)20)15(18)19/h3-7H,8H2,1-2H3,(H2,17,20). The number of thiocarbonyl (C=S) groups is 1. The van der Waals surface area contributed by atoms with E-state index in [9.17, 15) is 9.18 Å². The van der Waals surface area contributed by atoms with Crippen LogP contribution in [0.25, 0.3) is 0 Å². The summed E-state index contributed by atoms with van der Waals surface area (Å²) < 4.78 is 14.9. The molecule has 0 aliphatic carbocycles. The Morgan fingerprint density at radius 1 is 1.30 bits per heavy atom. The molecule has 104 valence electrons. The molecule has 0 spiro atoms. The van der Waals surface area contributed by atoms with Crippen LogP contribution >= 0.6 is 12.2 Å². The van der Waals surface area contributed by atoms with Crippen molar-refractivity contribution in [1.82, 2.24) is 4.57 Å². The summed E-state index contributed by atoms with van der Waals surface area (Å²) in [5.74, 6) is -0.318. The predicted molar refractivity (Wildman–Crippen MR) is 81.6 cm³/mol. The minimum absolute atomic E-state index is 0.0692. The number of aryl methyl sites for hydroxylation is 2. The molecule has 1 heterocycles. The van der Waals surface area contributed by atoms with Gasteiger partial charge in [0.15, 0.2) is 0 Å². The molecule has 2 rings (SSSR count). The van der Waals surface area contributed by atoms with Gasteiger partial charge in [-0.3, -0.25) is 4.79 Å². The number of rotatable bonds is 3. The summed E-state index contributed by atoms with van der Waals surface area (Å²) in [6.07, 6.45) is 0. The molecule has 0 aliphatic heterocycles. The number of benzene rings is 1. The molecule has 0 unspecified atom stereocenters. The van der Waals surface area contributed by atoms with Crippen LogP contribution in [-0.2, 0) is 6.54 Å². The zero-order valence-electron chi connectivity index (χ0n) is 11.3. The maximum atomic E-state index is 13.3. The minimum atomic E-state index is -0.318. The number of hydrogen-bond acceptors (Lipinski definition) is 2. The summed E-state index contributed by atoms with van der Waals surface area (Å²) in [5, 5.41) is 0. The van der Waals surface area contributed by atoms with E-state index in [2.05, 4.69) is 0 Å². The Balaban J connectivity index is 2.53. The number of pyridine rings is 1. The Morgan fingerprint density at radius 3 is 2.65 bits per heavy atom. The molecule has 0 aliphatic rings. The number of nitrogens with zero attached hydrogens (tertiary/aromatic N) is 1. The van der Waals surface area contributed by atoms with Gasteiger partial charge in [-0.2, -0.15) is 0 Å². The van der Waals surface area contributed by atoms with Gasteiger partial charge >= 0.3 is 0 Å². The lowest BCUT2D eigenvalue weighted by Gasteiger charge is -2.13. The average molecular weight is 290 g/mol. The van der Waals surface area contributed by atoms with Gasteiger partial charge < -0.3 is 10.3 Å². The molecule has 2 aromatic rings. The largest absolute Gasteiger partial charge is 0.389 e. The van der Waals surface area contributed by atoms with Crippen LogP contribution in [0.1, 0.15) is 22.4 Å². The van der Waals surface area contributed by atoms with Crippen molar-refractivity contribution in [2.24, 2.45) is 5.73 Å². The van der Waals surface area contributed by atoms with E-state index in [1.807, 2.05) is 13.8 Å². The second kappa shape index (κ2) is 5.54. The lowest BCUT2D eigenvalue weighted by molar-refractivity contribution is 0.621. The second-order valence-corrected chi connectivity index (χ2v) is 5.15. The summed E-state index contributed by atoms with van der Waals surface area (Å²) in [4.78, 5) is 12.4. The van der Waals surface area contributed by atoms with E-state index in [0.29, 0.717) is 12.1 Å². The summed E-state index contributed by atoms with van der Waals surface area (Å²) in [6, 6.07) is 7.94. The monoisotopic (exact) mass is 290 g/mol. The zero-order valence-corrected chi connectivity index (χ0v) is 12.1. The maximum Gasteiger partial charge on any atom is 0.261 e. The Labute approximate surface area is 121 Å². The van der Waals surface area contributed by atoms with Crippen molar-refractivity contribution in [2.75, 3.05) is 0 Å². The quantitative estimate of drug-likeness (QED) is 0.882. The first-order valence-corrected chi connectivity index (χ1v) is 6.56. The van der Waals surface area contributed by atoms with Gasteiger partial charge in [0.1, 0.15) is 10.8 Å². The molecule has 0 radical (unpaired) electrons. The highest BCUT2D eigenvalue weighted by Crippen LogP contribution is 2.12. The van der Waals surface area contributed by atoms with E-state index in [0.717, 1.165) is 16.8 Å². The van der Waals surface area contributed by atoms with Gasteiger partial charge in [-0.15, -0.1) is 0 Å². The van der Waals surface area contributed by atoms with E-state index in [1.165, 1.54) is 12.1 Å². The van der Waals surface area contributed by atoms with Crippen LogP contribution < -0.4 is 11.3 Å². The summed E-state index contributed by atoms with van der Waals surface area (Å²) in [5.41, 5.74) is 8.06. The Morgan fingerprint density at radius 2 is 2.00 bits per heavy atom. The van der Waals surface area contributed by atoms with E-state index in [-0.39, 0.29) is 16.4 Å². The molecule has 0 fully saturated rings. The van der Waals surface area contributed by atoms with Gasteiger partial charge in [0.25, 0.3) is 5.56 Å². The molecule has 0 bridgehead atoms. The average Bonchev–Trinajstić information content (AvgIpc) is 2.38. The highest BCUT2D eigenvalue weighted by Gasteiger charge is 2.10. The van der Waals surface area contributed by atoms with Crippen LogP contribution in [-0.4, -0.2) is 9.56 Å². The molecule has 1 aromatic carbocycles. The molecule has 0 saturated heterocycles. The van der Waals surface area contributed by atoms with Crippen molar-refractivity contribution < 1.29 is 4.39 Å². The van der Waals surface area contributed by atoms with E-state index in [1.54, 1.807) is 22.8 Å². The van der Waals surface area contributed by atoms with Crippen molar-refractivity contribution in [3.63, 3.8) is 0 Å². The third kappa shape index (κ3) is 2.77. The summed E-state index contributed by atoms with van der Waals surface area (Å²) in [7, 11) is 0. The van der Waals surface area contributed by atoms with Crippen LogP contribution in [0.5, 0.6) is 0 Å².